The van der Waals surface area contributed by atoms with Crippen molar-refractivity contribution in [2.75, 3.05) is 40.4 Å². The molecule has 0 spiro atoms. The third kappa shape index (κ3) is 4.56. The van der Waals surface area contributed by atoms with Crippen LogP contribution in [0.5, 0.6) is 11.5 Å². The van der Waals surface area contributed by atoms with E-state index in [0.717, 1.165) is 0 Å². The van der Waals surface area contributed by atoms with Crippen LogP contribution in [0.2, 0.25) is 0 Å². The van der Waals surface area contributed by atoms with Crippen molar-refractivity contribution in [1.29, 1.82) is 0 Å². The summed E-state index contributed by atoms with van der Waals surface area (Å²) in [6, 6.07) is 10.8. The molecule has 3 aromatic rings. The van der Waals surface area contributed by atoms with Gasteiger partial charge in [0, 0.05) is 43.2 Å². The van der Waals surface area contributed by atoms with Gasteiger partial charge in [-0.25, -0.2) is 17.8 Å². The highest BCUT2D eigenvalue weighted by atomic mass is 32.2. The van der Waals surface area contributed by atoms with Crippen molar-refractivity contribution in [3.8, 4) is 22.1 Å². The maximum Gasteiger partial charge on any atom is 0.273 e. The summed E-state index contributed by atoms with van der Waals surface area (Å²) >= 11 is 1.19. The molecule has 8 nitrogen and oxygen atoms in total. The summed E-state index contributed by atoms with van der Waals surface area (Å²) in [6.07, 6.45) is 0. The Kier molecular flexibility index (Phi) is 6.63. The van der Waals surface area contributed by atoms with Crippen molar-refractivity contribution in [2.24, 2.45) is 0 Å². The predicted octanol–water partition coefficient (Wildman–Crippen LogP) is 3.11. The summed E-state index contributed by atoms with van der Waals surface area (Å²) in [6.45, 7) is 0.658. The molecule has 33 heavy (non-hydrogen) atoms. The third-order valence-electron chi connectivity index (χ3n) is 5.34. The van der Waals surface area contributed by atoms with E-state index in [4.69, 9.17) is 9.47 Å². The lowest BCUT2D eigenvalue weighted by molar-refractivity contribution is 0.0692. The second kappa shape index (κ2) is 9.46. The number of nitrogens with zero attached hydrogens (tertiary/aromatic N) is 3. The number of piperazine rings is 1. The zero-order valence-corrected chi connectivity index (χ0v) is 19.7. The summed E-state index contributed by atoms with van der Waals surface area (Å²) < 4.78 is 52.2. The molecule has 0 saturated carbocycles. The van der Waals surface area contributed by atoms with Gasteiger partial charge in [0.25, 0.3) is 5.91 Å². The lowest BCUT2D eigenvalue weighted by Gasteiger charge is -2.33. The first-order chi connectivity index (χ1) is 15.8. The molecule has 11 heteroatoms. The van der Waals surface area contributed by atoms with Crippen LogP contribution in [0.4, 0.5) is 4.39 Å². The van der Waals surface area contributed by atoms with E-state index in [1.807, 2.05) is 0 Å². The first kappa shape index (κ1) is 23.1. The van der Waals surface area contributed by atoms with E-state index in [9.17, 15) is 17.6 Å². The monoisotopic (exact) mass is 491 g/mol. The van der Waals surface area contributed by atoms with Gasteiger partial charge in [-0.05, 0) is 24.3 Å². The van der Waals surface area contributed by atoms with Crippen LogP contribution in [0, 0.1) is 5.82 Å². The number of benzene rings is 2. The first-order valence-electron chi connectivity index (χ1n) is 10.1. The van der Waals surface area contributed by atoms with Gasteiger partial charge in [0.1, 0.15) is 32.9 Å². The van der Waals surface area contributed by atoms with Crippen LogP contribution in [0.25, 0.3) is 10.6 Å². The summed E-state index contributed by atoms with van der Waals surface area (Å²) in [5.74, 6) is -0.0997. The van der Waals surface area contributed by atoms with Gasteiger partial charge in [-0.1, -0.05) is 12.1 Å². The Morgan fingerprint density at radius 3 is 2.45 bits per heavy atom. The minimum Gasteiger partial charge on any atom is -0.497 e. The van der Waals surface area contributed by atoms with Crippen molar-refractivity contribution < 1.29 is 27.1 Å². The van der Waals surface area contributed by atoms with Crippen LogP contribution >= 0.6 is 11.3 Å². The summed E-state index contributed by atoms with van der Waals surface area (Å²) in [5, 5.41) is 2.01. The number of sulfonamides is 1. The maximum absolute atomic E-state index is 14.0. The molecule has 1 aliphatic rings. The second-order valence-electron chi connectivity index (χ2n) is 7.23. The number of methoxy groups -OCH3 is 2. The highest BCUT2D eigenvalue weighted by Gasteiger charge is 2.33. The number of rotatable bonds is 6. The van der Waals surface area contributed by atoms with Gasteiger partial charge in [-0.2, -0.15) is 4.31 Å². The number of thiazole rings is 1. The SMILES string of the molecule is COc1ccc(OC)c(S(=O)(=O)N2CCN(C(=O)c3csc(-c4ccccc4F)n3)CC2)c1. The lowest BCUT2D eigenvalue weighted by atomic mass is 10.2. The number of hydrogen-bond donors (Lipinski definition) is 0. The fourth-order valence-corrected chi connectivity index (χ4v) is 5.96. The molecule has 4 rings (SSSR count). The average molecular weight is 492 g/mol. The van der Waals surface area contributed by atoms with Gasteiger partial charge in [0.05, 0.1) is 14.2 Å². The molecular formula is C22H22FN3O5S2. The molecule has 0 N–H and O–H groups in total. The van der Waals surface area contributed by atoms with Gasteiger partial charge < -0.3 is 14.4 Å². The Hall–Kier alpha value is -3.02. The number of halogens is 1. The largest absolute Gasteiger partial charge is 0.497 e. The normalized spacial score (nSPS) is 14.8. The number of aromatic nitrogens is 1. The van der Waals surface area contributed by atoms with Crippen molar-refractivity contribution in [3.63, 3.8) is 0 Å². The zero-order chi connectivity index (χ0) is 23.6. The molecule has 1 saturated heterocycles. The molecule has 0 unspecified atom stereocenters. The maximum atomic E-state index is 14.0. The summed E-state index contributed by atoms with van der Waals surface area (Å²) in [7, 11) is -0.992. The smallest absolute Gasteiger partial charge is 0.273 e. The number of amides is 1. The highest BCUT2D eigenvalue weighted by molar-refractivity contribution is 7.89. The summed E-state index contributed by atoms with van der Waals surface area (Å²) in [5.41, 5.74) is 0.550. The van der Waals surface area contributed by atoms with E-state index < -0.39 is 15.8 Å². The van der Waals surface area contributed by atoms with Crippen LogP contribution in [-0.4, -0.2) is 68.9 Å². The number of carbonyl (C=O) groups is 1. The van der Waals surface area contributed by atoms with Crippen LogP contribution in [0.15, 0.2) is 52.7 Å². The Morgan fingerprint density at radius 1 is 1.06 bits per heavy atom. The van der Waals surface area contributed by atoms with Gasteiger partial charge in [-0.3, -0.25) is 4.79 Å². The fourth-order valence-electron chi connectivity index (χ4n) is 3.55. The van der Waals surface area contributed by atoms with Gasteiger partial charge in [-0.15, -0.1) is 11.3 Å². The molecule has 174 valence electrons. The van der Waals surface area contributed by atoms with Gasteiger partial charge in [0.15, 0.2) is 0 Å². The van der Waals surface area contributed by atoms with Crippen molar-refractivity contribution in [3.05, 3.63) is 59.4 Å². The van der Waals surface area contributed by atoms with Crippen LogP contribution in [0.1, 0.15) is 10.5 Å². The minimum atomic E-state index is -3.85. The molecule has 1 aromatic heterocycles. The van der Waals surface area contributed by atoms with Crippen molar-refractivity contribution in [1.82, 2.24) is 14.2 Å². The van der Waals surface area contributed by atoms with Crippen LogP contribution in [0.3, 0.4) is 0 Å². The third-order valence-corrected chi connectivity index (χ3v) is 8.14. The van der Waals surface area contributed by atoms with Crippen LogP contribution in [-0.2, 0) is 10.0 Å². The second-order valence-corrected chi connectivity index (χ2v) is 10.00. The number of hydrogen-bond acceptors (Lipinski definition) is 7. The molecule has 1 fully saturated rings. The lowest BCUT2D eigenvalue weighted by Crippen LogP contribution is -2.50. The van der Waals surface area contributed by atoms with Crippen molar-refractivity contribution >= 4 is 27.3 Å². The molecule has 1 amide bonds. The molecule has 2 aromatic carbocycles. The molecule has 0 atom stereocenters. The molecule has 0 radical (unpaired) electrons. The van der Waals surface area contributed by atoms with E-state index in [-0.39, 0.29) is 48.4 Å². The Bertz CT molecular complexity index is 1270. The fraction of sp³-hybridized carbons (Fsp3) is 0.273. The van der Waals surface area contributed by atoms with Crippen molar-refractivity contribution in [2.45, 2.75) is 4.90 Å². The van der Waals surface area contributed by atoms with E-state index in [0.29, 0.717) is 16.3 Å². The van der Waals surface area contributed by atoms with E-state index in [1.54, 1.807) is 40.6 Å². The molecular weight excluding hydrogens is 469 g/mol. The molecule has 0 bridgehead atoms. The number of ether oxygens (including phenoxy) is 2. The summed E-state index contributed by atoms with van der Waals surface area (Å²) in [4.78, 5) is 18.8. The zero-order valence-electron chi connectivity index (χ0n) is 18.0. The van der Waals surface area contributed by atoms with E-state index in [1.165, 1.54) is 42.0 Å². The Morgan fingerprint density at radius 2 is 1.79 bits per heavy atom. The van der Waals surface area contributed by atoms with E-state index in [2.05, 4.69) is 4.98 Å². The van der Waals surface area contributed by atoms with E-state index >= 15 is 0 Å². The minimum absolute atomic E-state index is 0.0122. The molecule has 0 aliphatic carbocycles. The number of carbonyl (C=O) groups excluding carboxylic acids is 1. The van der Waals surface area contributed by atoms with Crippen LogP contribution < -0.4 is 9.47 Å². The van der Waals surface area contributed by atoms with Gasteiger partial charge in [0.2, 0.25) is 10.0 Å². The Balaban J connectivity index is 1.47. The molecule has 2 heterocycles. The topological polar surface area (TPSA) is 89.0 Å². The average Bonchev–Trinajstić information content (AvgIpc) is 3.33. The first-order valence-corrected chi connectivity index (χ1v) is 12.4. The van der Waals surface area contributed by atoms with Gasteiger partial charge >= 0.3 is 0 Å². The Labute approximate surface area is 195 Å². The standard InChI is InChI=1S/C22H22FN3O5S2/c1-30-15-7-8-19(31-2)20(13-15)33(28,29)26-11-9-25(10-12-26)22(27)18-14-32-21(24-18)16-5-3-4-6-17(16)23/h3-8,13-14H,9-12H2,1-2H3. The predicted molar refractivity (Wildman–Crippen MR) is 122 cm³/mol. The molecule has 1 aliphatic heterocycles. The highest BCUT2D eigenvalue weighted by Crippen LogP contribution is 2.31. The quantitative estimate of drug-likeness (QED) is 0.527.